The zero-order valence-corrected chi connectivity index (χ0v) is 12.9. The molecule has 21 heavy (non-hydrogen) atoms. The molecule has 0 unspecified atom stereocenters. The van der Waals surface area contributed by atoms with E-state index in [2.05, 4.69) is 26.3 Å². The third-order valence-corrected chi connectivity index (χ3v) is 5.29. The Morgan fingerprint density at radius 3 is 2.76 bits per heavy atom. The van der Waals surface area contributed by atoms with Crippen molar-refractivity contribution < 1.29 is 9.58 Å². The van der Waals surface area contributed by atoms with Crippen molar-refractivity contribution in [1.82, 2.24) is 5.10 Å². The van der Waals surface area contributed by atoms with Crippen LogP contribution in [0.4, 0.5) is 5.95 Å². The molecule has 2 fully saturated rings. The maximum Gasteiger partial charge on any atom is 0.461 e. The molecule has 0 saturated heterocycles. The summed E-state index contributed by atoms with van der Waals surface area (Å²) in [7, 11) is 0. The van der Waals surface area contributed by atoms with E-state index in [1.165, 1.54) is 19.3 Å². The average Bonchev–Trinajstić information content (AvgIpc) is 3.07. The average molecular weight is 351 g/mol. The maximum absolute atomic E-state index is 12.4. The van der Waals surface area contributed by atoms with Crippen LogP contribution in [-0.2, 0) is 0 Å². The van der Waals surface area contributed by atoms with Gasteiger partial charge in [-0.05, 0) is 49.7 Å². The molecule has 0 aliphatic heterocycles. The van der Waals surface area contributed by atoms with E-state index in [-0.39, 0.29) is 17.5 Å². The van der Waals surface area contributed by atoms with Crippen molar-refractivity contribution in [2.75, 3.05) is 5.32 Å². The molecule has 0 spiro atoms. The predicted molar refractivity (Wildman–Crippen MR) is 80.2 cm³/mol. The molecule has 0 amide bonds. The largest absolute Gasteiger partial charge is 0.739 e. The van der Waals surface area contributed by atoms with E-state index in [1.54, 1.807) is 18.2 Å². The Labute approximate surface area is 130 Å². The molecular formula is C14H15BrN4O2. The van der Waals surface area contributed by atoms with Crippen LogP contribution in [0.3, 0.4) is 0 Å². The molecule has 2 aromatic rings. The summed E-state index contributed by atoms with van der Waals surface area (Å²) >= 11 is 3.30. The van der Waals surface area contributed by atoms with Crippen LogP contribution >= 0.6 is 15.9 Å². The minimum Gasteiger partial charge on any atom is -0.739 e. The van der Waals surface area contributed by atoms with E-state index in [0.717, 1.165) is 21.5 Å². The topological polar surface area (TPSA) is 78.8 Å². The van der Waals surface area contributed by atoms with Gasteiger partial charge in [0.25, 0.3) is 0 Å². The highest BCUT2D eigenvalue weighted by Crippen LogP contribution is 2.45. The van der Waals surface area contributed by atoms with Crippen LogP contribution in [-0.4, -0.2) is 11.1 Å². The molecule has 7 heteroatoms. The first-order chi connectivity index (χ1) is 10.1. The lowest BCUT2D eigenvalue weighted by molar-refractivity contribution is -0.672. The van der Waals surface area contributed by atoms with Gasteiger partial charge in [0.2, 0.25) is 5.10 Å². The molecule has 1 aromatic carbocycles. The Kier molecular flexibility index (Phi) is 2.92. The summed E-state index contributed by atoms with van der Waals surface area (Å²) < 4.78 is 1.47. The molecule has 1 aromatic heterocycles. The van der Waals surface area contributed by atoms with E-state index in [4.69, 9.17) is 0 Å². The number of hydrogen-bond acceptors (Lipinski definition) is 4. The summed E-state index contributed by atoms with van der Waals surface area (Å²) in [4.78, 5) is 0.518. The van der Waals surface area contributed by atoms with Gasteiger partial charge in [-0.25, -0.2) is 4.73 Å². The second kappa shape index (κ2) is 4.69. The molecule has 1 heterocycles. The molecule has 110 valence electrons. The van der Waals surface area contributed by atoms with Crippen LogP contribution in [0.1, 0.15) is 25.7 Å². The summed E-state index contributed by atoms with van der Waals surface area (Å²) in [6, 6.07) is 5.25. The number of benzene rings is 1. The molecule has 1 N–H and O–H groups in total. The minimum atomic E-state index is 0.109. The van der Waals surface area contributed by atoms with Crippen LogP contribution in [0.2, 0.25) is 0 Å². The van der Waals surface area contributed by atoms with Gasteiger partial charge in [0.1, 0.15) is 0 Å². The minimum absolute atomic E-state index is 0.109. The van der Waals surface area contributed by atoms with Gasteiger partial charge in [0.05, 0.1) is 6.04 Å². The van der Waals surface area contributed by atoms with Crippen molar-refractivity contribution in [1.29, 1.82) is 0 Å². The number of anilines is 1. The second-order valence-corrected chi connectivity index (χ2v) is 6.97. The first kappa shape index (κ1) is 13.1. The van der Waals surface area contributed by atoms with E-state index >= 15 is 0 Å². The molecular weight excluding hydrogens is 336 g/mol. The zero-order valence-electron chi connectivity index (χ0n) is 11.3. The van der Waals surface area contributed by atoms with Gasteiger partial charge in [0.15, 0.2) is 5.52 Å². The normalized spacial score (nSPS) is 27.4. The molecule has 4 rings (SSSR count). The van der Waals surface area contributed by atoms with Crippen LogP contribution in [0.25, 0.3) is 11.0 Å². The molecule has 6 nitrogen and oxygen atoms in total. The quantitative estimate of drug-likeness (QED) is 0.662. The fourth-order valence-electron chi connectivity index (χ4n) is 3.79. The lowest BCUT2D eigenvalue weighted by Crippen LogP contribution is -2.46. The van der Waals surface area contributed by atoms with E-state index in [0.29, 0.717) is 16.3 Å². The molecule has 0 radical (unpaired) electrons. The number of hydrogen-bond donors (Lipinski definition) is 1. The number of aromatic nitrogens is 3. The Morgan fingerprint density at radius 2 is 2.05 bits per heavy atom. The van der Waals surface area contributed by atoms with Gasteiger partial charge in [-0.2, -0.15) is 0 Å². The highest BCUT2D eigenvalue weighted by atomic mass is 79.9. The van der Waals surface area contributed by atoms with Gasteiger partial charge >= 0.3 is 11.5 Å². The number of rotatable bonds is 2. The fraction of sp³-hybridized carbons (Fsp3) is 0.500. The summed E-state index contributed by atoms with van der Waals surface area (Å²) in [6.07, 6.45) is 4.80. The SMILES string of the molecule is [O-][n+]1nc(N[C@@H]2C[C@@H]3CC[C@@H]2C3)[n+]([O-])c2ccc(Br)cc21. The molecule has 2 aliphatic carbocycles. The van der Waals surface area contributed by atoms with E-state index < -0.39 is 0 Å². The molecule has 2 saturated carbocycles. The van der Waals surface area contributed by atoms with Crippen LogP contribution in [0.5, 0.6) is 0 Å². The lowest BCUT2D eigenvalue weighted by atomic mass is 9.95. The van der Waals surface area contributed by atoms with Gasteiger partial charge in [-0.1, -0.05) is 15.9 Å². The summed E-state index contributed by atoms with van der Waals surface area (Å²) in [5.41, 5.74) is 0.590. The number of nitrogens with zero attached hydrogens (tertiary/aromatic N) is 3. The van der Waals surface area contributed by atoms with E-state index in [1.807, 2.05) is 0 Å². The van der Waals surface area contributed by atoms with Gasteiger partial charge in [0, 0.05) is 15.4 Å². The first-order valence-corrected chi connectivity index (χ1v) is 8.00. The van der Waals surface area contributed by atoms with Crippen molar-refractivity contribution in [3.63, 3.8) is 0 Å². The van der Waals surface area contributed by atoms with Crippen LogP contribution < -0.4 is 14.9 Å². The lowest BCUT2D eigenvalue weighted by Gasteiger charge is -2.20. The maximum atomic E-state index is 12.4. The van der Waals surface area contributed by atoms with Gasteiger partial charge in [-0.15, -0.1) is 0 Å². The fourth-order valence-corrected chi connectivity index (χ4v) is 4.14. The van der Waals surface area contributed by atoms with Crippen molar-refractivity contribution in [3.05, 3.63) is 33.1 Å². The first-order valence-electron chi connectivity index (χ1n) is 7.21. The van der Waals surface area contributed by atoms with Crippen molar-refractivity contribution in [2.45, 2.75) is 31.7 Å². The monoisotopic (exact) mass is 350 g/mol. The van der Waals surface area contributed by atoms with Gasteiger partial charge in [-0.3, -0.25) is 5.32 Å². The van der Waals surface area contributed by atoms with Crippen LogP contribution in [0.15, 0.2) is 22.7 Å². The Bertz CT molecular complexity index is 724. The molecule has 3 atom stereocenters. The van der Waals surface area contributed by atoms with Gasteiger partial charge < -0.3 is 10.4 Å². The Hall–Kier alpha value is -1.63. The second-order valence-electron chi connectivity index (χ2n) is 6.05. The summed E-state index contributed by atoms with van der Waals surface area (Å²) in [5, 5.41) is 31.5. The van der Waals surface area contributed by atoms with Crippen LogP contribution in [0, 0.1) is 22.3 Å². The zero-order chi connectivity index (χ0) is 14.6. The number of nitrogens with one attached hydrogen (secondary N) is 1. The standard InChI is InChI=1S/C14H15BrN4O2/c15-10-3-4-12-13(7-10)19(21)17-14(18(12)20)16-11-6-8-1-2-9(11)5-8/h3-4,7-9,11H,1-2,5-6H2,(H,16,17)/t8-,9-,11-/m1/s1. The van der Waals surface area contributed by atoms with Crippen molar-refractivity contribution in [3.8, 4) is 0 Å². The Morgan fingerprint density at radius 1 is 1.19 bits per heavy atom. The predicted octanol–water partition coefficient (Wildman–Crippen LogP) is 1.86. The Balaban J connectivity index is 1.72. The molecule has 2 aliphatic rings. The summed E-state index contributed by atoms with van der Waals surface area (Å²) in [6.45, 7) is 0. The van der Waals surface area contributed by atoms with Crippen molar-refractivity contribution >= 4 is 32.9 Å². The number of halogens is 1. The third kappa shape index (κ3) is 2.10. The molecule has 2 bridgehead atoms. The smallest absolute Gasteiger partial charge is 0.461 e. The highest BCUT2D eigenvalue weighted by Gasteiger charge is 2.42. The number of fused-ring (bicyclic) bond motifs is 3. The highest BCUT2D eigenvalue weighted by molar-refractivity contribution is 9.10. The van der Waals surface area contributed by atoms with E-state index in [9.17, 15) is 10.4 Å². The third-order valence-electron chi connectivity index (χ3n) is 4.79. The summed E-state index contributed by atoms with van der Waals surface area (Å²) in [5.74, 6) is 1.48. The van der Waals surface area contributed by atoms with Crippen molar-refractivity contribution in [2.24, 2.45) is 11.8 Å².